The summed E-state index contributed by atoms with van der Waals surface area (Å²) < 4.78 is 0. The summed E-state index contributed by atoms with van der Waals surface area (Å²) in [5, 5.41) is 8.65. The van der Waals surface area contributed by atoms with Gasteiger partial charge in [-0.25, -0.2) is 0 Å². The highest BCUT2D eigenvalue weighted by atomic mass is 16.2. The number of hydrogen-bond donors (Lipinski definition) is 2. The number of nitrogens with zero attached hydrogens (tertiary/aromatic N) is 1. The van der Waals surface area contributed by atoms with Gasteiger partial charge in [-0.05, 0) is 46.2 Å². The molecule has 0 saturated heterocycles. The molecule has 0 heterocycles. The second-order valence-electron chi connectivity index (χ2n) is 4.26. The first kappa shape index (κ1) is 13.9. The molecule has 86 valence electrons. The van der Waals surface area contributed by atoms with Crippen molar-refractivity contribution >= 4 is 0 Å². The van der Waals surface area contributed by atoms with Gasteiger partial charge in [0.05, 0.1) is 0 Å². The molecule has 0 aromatic heterocycles. The predicted molar refractivity (Wildman–Crippen MR) is 61.3 cm³/mol. The van der Waals surface area contributed by atoms with Gasteiger partial charge in [0.1, 0.15) is 0 Å². The molecule has 1 unspecified atom stereocenters. The van der Waals surface area contributed by atoms with Crippen LogP contribution in [0.5, 0.6) is 0 Å². The van der Waals surface area contributed by atoms with Crippen LogP contribution in [-0.2, 0) is 0 Å². The van der Waals surface area contributed by atoms with Gasteiger partial charge in [0.15, 0.2) is 0 Å². The van der Waals surface area contributed by atoms with E-state index in [4.69, 9.17) is 10.8 Å². The zero-order chi connectivity index (χ0) is 11.0. The van der Waals surface area contributed by atoms with Gasteiger partial charge in [0.2, 0.25) is 0 Å². The molecule has 0 aliphatic heterocycles. The maximum atomic E-state index is 8.65. The van der Waals surface area contributed by atoms with Crippen LogP contribution < -0.4 is 5.73 Å². The van der Waals surface area contributed by atoms with Gasteiger partial charge in [-0.1, -0.05) is 6.92 Å². The normalized spacial score (nSPS) is 15.9. The van der Waals surface area contributed by atoms with E-state index < -0.39 is 0 Å². The average Bonchev–Trinajstić information content (AvgIpc) is 2.22. The lowest BCUT2D eigenvalue weighted by Gasteiger charge is -2.37. The van der Waals surface area contributed by atoms with Crippen molar-refractivity contribution < 1.29 is 5.11 Å². The standard InChI is InChI=1S/C11H26N2O/c1-4-11(2,10-12)13(3)8-6-5-7-9-14/h14H,4-10,12H2,1-3H3. The fraction of sp³-hybridized carbons (Fsp3) is 1.00. The third kappa shape index (κ3) is 4.40. The van der Waals surface area contributed by atoms with E-state index in [-0.39, 0.29) is 5.54 Å². The fourth-order valence-electron chi connectivity index (χ4n) is 1.48. The summed E-state index contributed by atoms with van der Waals surface area (Å²) in [6.45, 7) is 6.48. The molecule has 0 saturated carbocycles. The maximum absolute atomic E-state index is 8.65. The molecular formula is C11H26N2O. The van der Waals surface area contributed by atoms with Crippen LogP contribution in [0.3, 0.4) is 0 Å². The lowest BCUT2D eigenvalue weighted by atomic mass is 9.97. The number of nitrogens with two attached hydrogens (primary N) is 1. The summed E-state index contributed by atoms with van der Waals surface area (Å²) in [7, 11) is 2.13. The van der Waals surface area contributed by atoms with Crippen LogP contribution in [0.1, 0.15) is 39.5 Å². The van der Waals surface area contributed by atoms with Crippen molar-refractivity contribution in [2.45, 2.75) is 45.1 Å². The van der Waals surface area contributed by atoms with Crippen molar-refractivity contribution in [2.24, 2.45) is 5.73 Å². The molecule has 0 bridgehead atoms. The summed E-state index contributed by atoms with van der Waals surface area (Å²) in [6.07, 6.45) is 4.25. The van der Waals surface area contributed by atoms with Gasteiger partial charge < -0.3 is 10.8 Å². The first-order valence-corrected chi connectivity index (χ1v) is 5.63. The minimum absolute atomic E-state index is 0.138. The Bertz CT molecular complexity index is 135. The van der Waals surface area contributed by atoms with Crippen molar-refractivity contribution in [3.63, 3.8) is 0 Å². The lowest BCUT2D eigenvalue weighted by molar-refractivity contribution is 0.136. The third-order valence-corrected chi connectivity index (χ3v) is 3.27. The van der Waals surface area contributed by atoms with Crippen LogP contribution in [0.2, 0.25) is 0 Å². The minimum atomic E-state index is 0.138. The number of likely N-dealkylation sites (N-methyl/N-ethyl adjacent to an activating group) is 1. The number of aliphatic hydroxyl groups is 1. The van der Waals surface area contributed by atoms with Crippen LogP contribution in [0.25, 0.3) is 0 Å². The van der Waals surface area contributed by atoms with Gasteiger partial charge in [0, 0.05) is 18.7 Å². The van der Waals surface area contributed by atoms with Gasteiger partial charge in [-0.15, -0.1) is 0 Å². The maximum Gasteiger partial charge on any atom is 0.0431 e. The minimum Gasteiger partial charge on any atom is -0.396 e. The quantitative estimate of drug-likeness (QED) is 0.582. The summed E-state index contributed by atoms with van der Waals surface area (Å²) in [6, 6.07) is 0. The van der Waals surface area contributed by atoms with Crippen molar-refractivity contribution in [3.05, 3.63) is 0 Å². The molecule has 3 N–H and O–H groups in total. The second-order valence-corrected chi connectivity index (χ2v) is 4.26. The van der Waals surface area contributed by atoms with Gasteiger partial charge >= 0.3 is 0 Å². The molecule has 0 aromatic carbocycles. The zero-order valence-corrected chi connectivity index (χ0v) is 9.92. The Hall–Kier alpha value is -0.120. The van der Waals surface area contributed by atoms with Crippen LogP contribution in [0.15, 0.2) is 0 Å². The predicted octanol–water partition coefficient (Wildman–Crippen LogP) is 1.21. The lowest BCUT2D eigenvalue weighted by Crippen LogP contribution is -2.49. The molecule has 1 atom stereocenters. The van der Waals surface area contributed by atoms with Gasteiger partial charge in [-0.2, -0.15) is 0 Å². The Morgan fingerprint density at radius 2 is 1.93 bits per heavy atom. The van der Waals surface area contributed by atoms with E-state index in [9.17, 15) is 0 Å². The molecule has 3 heteroatoms. The Morgan fingerprint density at radius 3 is 2.36 bits per heavy atom. The molecule has 0 aromatic rings. The highest BCUT2D eigenvalue weighted by Gasteiger charge is 2.24. The van der Waals surface area contributed by atoms with Crippen molar-refractivity contribution in [2.75, 3.05) is 26.7 Å². The van der Waals surface area contributed by atoms with Crippen LogP contribution in [0.4, 0.5) is 0 Å². The summed E-state index contributed by atoms with van der Waals surface area (Å²) >= 11 is 0. The van der Waals surface area contributed by atoms with Crippen molar-refractivity contribution in [3.8, 4) is 0 Å². The number of rotatable bonds is 8. The van der Waals surface area contributed by atoms with E-state index in [1.54, 1.807) is 0 Å². The molecule has 14 heavy (non-hydrogen) atoms. The topological polar surface area (TPSA) is 49.5 Å². The second kappa shape index (κ2) is 7.21. The molecule has 0 radical (unpaired) electrons. The molecule has 3 nitrogen and oxygen atoms in total. The summed E-state index contributed by atoms with van der Waals surface area (Å²) in [5.41, 5.74) is 5.91. The highest BCUT2D eigenvalue weighted by molar-refractivity contribution is 4.83. The Kier molecular flexibility index (Phi) is 7.15. The van der Waals surface area contributed by atoms with Gasteiger partial charge in [-0.3, -0.25) is 4.90 Å². The largest absolute Gasteiger partial charge is 0.396 e. The summed E-state index contributed by atoms with van der Waals surface area (Å²) in [5.74, 6) is 0. The smallest absolute Gasteiger partial charge is 0.0431 e. The van der Waals surface area contributed by atoms with Crippen molar-refractivity contribution in [1.29, 1.82) is 0 Å². The molecule has 0 fully saturated rings. The van der Waals surface area contributed by atoms with E-state index in [0.29, 0.717) is 13.2 Å². The molecule has 0 rings (SSSR count). The summed E-state index contributed by atoms with van der Waals surface area (Å²) in [4.78, 5) is 2.34. The van der Waals surface area contributed by atoms with Crippen LogP contribution in [0, 0.1) is 0 Å². The van der Waals surface area contributed by atoms with E-state index in [1.165, 1.54) is 0 Å². The molecule has 0 aliphatic carbocycles. The Morgan fingerprint density at radius 1 is 1.29 bits per heavy atom. The van der Waals surface area contributed by atoms with Crippen LogP contribution >= 0.6 is 0 Å². The van der Waals surface area contributed by atoms with Crippen molar-refractivity contribution in [1.82, 2.24) is 4.90 Å². The Labute approximate surface area is 88.3 Å². The Balaban J connectivity index is 3.75. The van der Waals surface area contributed by atoms with E-state index in [2.05, 4.69) is 25.8 Å². The molecular weight excluding hydrogens is 176 g/mol. The first-order chi connectivity index (χ1) is 6.60. The third-order valence-electron chi connectivity index (χ3n) is 3.27. The SMILES string of the molecule is CCC(C)(CN)N(C)CCCCCO. The molecule has 0 amide bonds. The number of unbranched alkanes of at least 4 members (excludes halogenated alkanes) is 2. The zero-order valence-electron chi connectivity index (χ0n) is 9.92. The average molecular weight is 202 g/mol. The number of aliphatic hydroxyl groups excluding tert-OH is 1. The highest BCUT2D eigenvalue weighted by Crippen LogP contribution is 2.16. The van der Waals surface area contributed by atoms with Crippen LogP contribution in [-0.4, -0.2) is 42.3 Å². The van der Waals surface area contributed by atoms with E-state index in [0.717, 1.165) is 32.2 Å². The number of hydrogen-bond acceptors (Lipinski definition) is 3. The van der Waals surface area contributed by atoms with E-state index in [1.807, 2.05) is 0 Å². The van der Waals surface area contributed by atoms with Gasteiger partial charge in [0.25, 0.3) is 0 Å². The fourth-order valence-corrected chi connectivity index (χ4v) is 1.48. The first-order valence-electron chi connectivity index (χ1n) is 5.63. The molecule has 0 spiro atoms. The monoisotopic (exact) mass is 202 g/mol. The molecule has 0 aliphatic rings. The van der Waals surface area contributed by atoms with E-state index >= 15 is 0 Å².